The van der Waals surface area contributed by atoms with Crippen LogP contribution in [-0.4, -0.2) is 19.0 Å². The second-order valence-electron chi connectivity index (χ2n) is 2.93. The van der Waals surface area contributed by atoms with Crippen LogP contribution in [0.2, 0.25) is 0 Å². The van der Waals surface area contributed by atoms with Crippen LogP contribution in [0.15, 0.2) is 24.3 Å². The molecule has 74 valence electrons. The van der Waals surface area contributed by atoms with Gasteiger partial charge in [0.1, 0.15) is 11.2 Å². The Morgan fingerprint density at radius 3 is 2.79 bits per heavy atom. The number of nitrogens with zero attached hydrogens (tertiary/aromatic N) is 2. The van der Waals surface area contributed by atoms with E-state index in [9.17, 15) is 4.39 Å². The molecule has 4 heteroatoms. The summed E-state index contributed by atoms with van der Waals surface area (Å²) in [5.74, 6) is -0.309. The van der Waals surface area contributed by atoms with E-state index in [4.69, 9.17) is 16.9 Å². The molecule has 0 spiro atoms. The van der Waals surface area contributed by atoms with E-state index in [2.05, 4.69) is 0 Å². The highest BCUT2D eigenvalue weighted by molar-refractivity contribution is 6.22. The van der Waals surface area contributed by atoms with Crippen LogP contribution >= 0.6 is 11.6 Å². The highest BCUT2D eigenvalue weighted by Crippen LogP contribution is 2.17. The molecule has 0 radical (unpaired) electrons. The summed E-state index contributed by atoms with van der Waals surface area (Å²) in [7, 11) is 1.70. The van der Waals surface area contributed by atoms with Gasteiger partial charge in [-0.15, -0.1) is 11.6 Å². The number of alkyl halides is 1. The second kappa shape index (κ2) is 4.83. The second-order valence-corrected chi connectivity index (χ2v) is 3.46. The number of hydrogen-bond acceptors (Lipinski definition) is 2. The molecule has 0 aliphatic heterocycles. The minimum atomic E-state index is -0.625. The minimum Gasteiger partial charge on any atom is -0.370 e. The van der Waals surface area contributed by atoms with Crippen molar-refractivity contribution in [3.8, 4) is 6.07 Å². The van der Waals surface area contributed by atoms with Gasteiger partial charge in [0.05, 0.1) is 11.8 Å². The predicted octanol–water partition coefficient (Wildman–Crippen LogP) is 2.39. The molecule has 0 N–H and O–H groups in total. The molecule has 0 aromatic heterocycles. The highest BCUT2D eigenvalue weighted by atomic mass is 35.5. The number of nitriles is 1. The molecule has 0 aliphatic rings. The molecule has 1 atom stereocenters. The smallest absolute Gasteiger partial charge is 0.146 e. The SMILES string of the molecule is CN(CC(Cl)C#N)c1ccccc1F. The lowest BCUT2D eigenvalue weighted by Crippen LogP contribution is -2.25. The summed E-state index contributed by atoms with van der Waals surface area (Å²) in [5.41, 5.74) is 0.452. The van der Waals surface area contributed by atoms with Crippen LogP contribution in [0.3, 0.4) is 0 Å². The number of hydrogen-bond donors (Lipinski definition) is 0. The Balaban J connectivity index is 2.75. The minimum absolute atomic E-state index is 0.305. The van der Waals surface area contributed by atoms with Gasteiger partial charge in [-0.3, -0.25) is 0 Å². The summed E-state index contributed by atoms with van der Waals surface area (Å²) in [4.78, 5) is 1.62. The van der Waals surface area contributed by atoms with Gasteiger partial charge >= 0.3 is 0 Å². The molecule has 1 unspecified atom stereocenters. The van der Waals surface area contributed by atoms with E-state index in [1.807, 2.05) is 6.07 Å². The molecule has 1 aromatic carbocycles. The van der Waals surface area contributed by atoms with Gasteiger partial charge in [-0.25, -0.2) is 4.39 Å². The van der Waals surface area contributed by atoms with Gasteiger partial charge in [0.2, 0.25) is 0 Å². The van der Waals surface area contributed by atoms with E-state index >= 15 is 0 Å². The summed E-state index contributed by atoms with van der Waals surface area (Å²) in [6.45, 7) is 0.305. The lowest BCUT2D eigenvalue weighted by molar-refractivity contribution is 0.623. The number of para-hydroxylation sites is 1. The monoisotopic (exact) mass is 212 g/mol. The number of rotatable bonds is 3. The lowest BCUT2D eigenvalue weighted by Gasteiger charge is -2.19. The van der Waals surface area contributed by atoms with E-state index in [1.54, 1.807) is 30.1 Å². The standard InChI is InChI=1S/C10H10ClFN2/c1-14(7-8(11)6-13)10-5-3-2-4-9(10)12/h2-5,8H,7H2,1H3. The summed E-state index contributed by atoms with van der Waals surface area (Å²) in [5, 5.41) is 7.87. The Morgan fingerprint density at radius 1 is 1.57 bits per heavy atom. The van der Waals surface area contributed by atoms with Crippen molar-refractivity contribution in [1.82, 2.24) is 0 Å². The van der Waals surface area contributed by atoms with Crippen molar-refractivity contribution in [1.29, 1.82) is 5.26 Å². The molecular weight excluding hydrogens is 203 g/mol. The molecule has 2 nitrogen and oxygen atoms in total. The summed E-state index contributed by atoms with van der Waals surface area (Å²) in [6, 6.07) is 8.27. The first-order chi connectivity index (χ1) is 6.65. The van der Waals surface area contributed by atoms with Gasteiger partial charge < -0.3 is 4.90 Å². The highest BCUT2D eigenvalue weighted by Gasteiger charge is 2.10. The first-order valence-corrected chi connectivity index (χ1v) is 4.58. The largest absolute Gasteiger partial charge is 0.370 e. The van der Waals surface area contributed by atoms with Crippen molar-refractivity contribution in [3.05, 3.63) is 30.1 Å². The van der Waals surface area contributed by atoms with Crippen molar-refractivity contribution in [2.45, 2.75) is 5.38 Å². The van der Waals surface area contributed by atoms with Gasteiger partial charge in [0.25, 0.3) is 0 Å². The number of halogens is 2. The van der Waals surface area contributed by atoms with Gasteiger partial charge in [-0.1, -0.05) is 12.1 Å². The molecule has 1 aromatic rings. The molecule has 14 heavy (non-hydrogen) atoms. The average molecular weight is 213 g/mol. The Hall–Kier alpha value is -1.27. The number of anilines is 1. The third-order valence-corrected chi connectivity index (χ3v) is 2.07. The molecule has 0 saturated heterocycles. The molecule has 0 fully saturated rings. The quantitative estimate of drug-likeness (QED) is 0.720. The van der Waals surface area contributed by atoms with Crippen molar-refractivity contribution in [2.75, 3.05) is 18.5 Å². The molecular formula is C10H10ClFN2. The van der Waals surface area contributed by atoms with Crippen molar-refractivity contribution < 1.29 is 4.39 Å². The zero-order chi connectivity index (χ0) is 10.6. The Labute approximate surface area is 87.5 Å². The van der Waals surface area contributed by atoms with Crippen molar-refractivity contribution >= 4 is 17.3 Å². The molecule has 0 saturated carbocycles. The van der Waals surface area contributed by atoms with Gasteiger partial charge in [-0.2, -0.15) is 5.26 Å². The maximum Gasteiger partial charge on any atom is 0.146 e. The molecule has 0 amide bonds. The molecule has 0 aliphatic carbocycles. The summed E-state index contributed by atoms with van der Waals surface area (Å²) in [6.07, 6.45) is 0. The third-order valence-electron chi connectivity index (χ3n) is 1.84. The van der Waals surface area contributed by atoms with Crippen LogP contribution < -0.4 is 4.90 Å². The average Bonchev–Trinajstić information content (AvgIpc) is 2.18. The summed E-state index contributed by atoms with van der Waals surface area (Å²) >= 11 is 5.64. The summed E-state index contributed by atoms with van der Waals surface area (Å²) < 4.78 is 13.2. The Bertz CT molecular complexity index is 348. The fraction of sp³-hybridized carbons (Fsp3) is 0.300. The van der Waals surface area contributed by atoms with E-state index in [0.29, 0.717) is 12.2 Å². The molecule has 0 heterocycles. The van der Waals surface area contributed by atoms with Crippen LogP contribution in [0.5, 0.6) is 0 Å². The normalized spacial score (nSPS) is 11.9. The first-order valence-electron chi connectivity index (χ1n) is 4.14. The third kappa shape index (κ3) is 2.61. The fourth-order valence-corrected chi connectivity index (χ4v) is 1.35. The first kappa shape index (κ1) is 10.8. The molecule has 0 bridgehead atoms. The number of benzene rings is 1. The van der Waals surface area contributed by atoms with Crippen LogP contribution in [0, 0.1) is 17.1 Å². The van der Waals surface area contributed by atoms with Crippen LogP contribution in [0.4, 0.5) is 10.1 Å². The van der Waals surface area contributed by atoms with Crippen LogP contribution in [-0.2, 0) is 0 Å². The van der Waals surface area contributed by atoms with E-state index < -0.39 is 5.38 Å². The van der Waals surface area contributed by atoms with Gasteiger partial charge in [-0.05, 0) is 12.1 Å². The van der Waals surface area contributed by atoms with E-state index in [-0.39, 0.29) is 5.82 Å². The van der Waals surface area contributed by atoms with E-state index in [0.717, 1.165) is 0 Å². The van der Waals surface area contributed by atoms with Crippen molar-refractivity contribution in [3.63, 3.8) is 0 Å². The zero-order valence-corrected chi connectivity index (χ0v) is 8.50. The maximum atomic E-state index is 13.2. The lowest BCUT2D eigenvalue weighted by atomic mass is 10.2. The maximum absolute atomic E-state index is 13.2. The Kier molecular flexibility index (Phi) is 3.73. The zero-order valence-electron chi connectivity index (χ0n) is 7.74. The van der Waals surface area contributed by atoms with Gasteiger partial charge in [0, 0.05) is 13.6 Å². The topological polar surface area (TPSA) is 27.0 Å². The Morgan fingerprint density at radius 2 is 2.21 bits per heavy atom. The molecule has 1 rings (SSSR count). The predicted molar refractivity (Wildman–Crippen MR) is 54.9 cm³/mol. The van der Waals surface area contributed by atoms with Gasteiger partial charge in [0.15, 0.2) is 0 Å². The fourth-order valence-electron chi connectivity index (χ4n) is 1.14. The van der Waals surface area contributed by atoms with E-state index in [1.165, 1.54) is 6.07 Å². The van der Waals surface area contributed by atoms with Crippen LogP contribution in [0.25, 0.3) is 0 Å². The van der Waals surface area contributed by atoms with Crippen LogP contribution in [0.1, 0.15) is 0 Å². The van der Waals surface area contributed by atoms with Crippen molar-refractivity contribution in [2.24, 2.45) is 0 Å².